The quantitative estimate of drug-likeness (QED) is 0.534. The van der Waals surface area contributed by atoms with Gasteiger partial charge >= 0.3 is 0 Å². The van der Waals surface area contributed by atoms with E-state index in [1.54, 1.807) is 54.6 Å². The summed E-state index contributed by atoms with van der Waals surface area (Å²) in [5.41, 5.74) is 1.51. The number of carbonyl (C=O) groups excluding carboxylic acids is 2. The highest BCUT2D eigenvalue weighted by Crippen LogP contribution is 2.30. The summed E-state index contributed by atoms with van der Waals surface area (Å²) in [6, 6.07) is 21.2. The van der Waals surface area contributed by atoms with Crippen LogP contribution in [0, 0.1) is 0 Å². The molecule has 1 atom stereocenters. The number of rotatable bonds is 7. The molecule has 0 saturated heterocycles. The van der Waals surface area contributed by atoms with Crippen molar-refractivity contribution in [2.75, 3.05) is 11.9 Å². The summed E-state index contributed by atoms with van der Waals surface area (Å²) in [5.74, 6) is -0.400. The maximum absolute atomic E-state index is 13.1. The van der Waals surface area contributed by atoms with Crippen molar-refractivity contribution in [1.29, 1.82) is 0 Å². The lowest BCUT2D eigenvalue weighted by molar-refractivity contribution is -0.118. The molecule has 0 fully saturated rings. The minimum atomic E-state index is -0.910. The Morgan fingerprint density at radius 2 is 1.62 bits per heavy atom. The summed E-state index contributed by atoms with van der Waals surface area (Å²) in [7, 11) is 0. The second-order valence-corrected chi connectivity index (χ2v) is 6.29. The van der Waals surface area contributed by atoms with Crippen LogP contribution in [-0.2, 0) is 4.79 Å². The van der Waals surface area contributed by atoms with Crippen LogP contribution in [0.5, 0.6) is 11.5 Å². The van der Waals surface area contributed by atoms with Crippen LogP contribution in [0.4, 0.5) is 5.69 Å². The maximum Gasteiger partial charge on any atom is 0.252 e. The van der Waals surface area contributed by atoms with E-state index in [-0.39, 0.29) is 11.7 Å². The van der Waals surface area contributed by atoms with Gasteiger partial charge in [0.15, 0.2) is 0 Å². The first-order valence-corrected chi connectivity index (χ1v) is 9.26. The predicted molar refractivity (Wildman–Crippen MR) is 111 cm³/mol. The summed E-state index contributed by atoms with van der Waals surface area (Å²) >= 11 is 0. The van der Waals surface area contributed by atoms with E-state index in [9.17, 15) is 14.7 Å². The Hall–Kier alpha value is -3.80. The number of amides is 2. The molecule has 6 nitrogen and oxygen atoms in total. The number of benzene rings is 3. The molecule has 3 N–H and O–H groups in total. The highest BCUT2D eigenvalue weighted by molar-refractivity contribution is 6.02. The Kier molecular flexibility index (Phi) is 6.47. The van der Waals surface area contributed by atoms with Gasteiger partial charge < -0.3 is 20.5 Å². The molecule has 0 bridgehead atoms. The van der Waals surface area contributed by atoms with Crippen molar-refractivity contribution in [2.24, 2.45) is 0 Å². The van der Waals surface area contributed by atoms with Crippen LogP contribution in [0.25, 0.3) is 0 Å². The SMILES string of the molecule is CCOc1cc(O)ccc1NC(=O)[C@@H](NC(=O)c1ccccc1)c1ccccc1. The minimum Gasteiger partial charge on any atom is -0.508 e. The molecule has 0 saturated carbocycles. The summed E-state index contributed by atoms with van der Waals surface area (Å²) < 4.78 is 5.49. The molecule has 148 valence electrons. The first-order valence-electron chi connectivity index (χ1n) is 9.26. The molecule has 0 aliphatic heterocycles. The first-order chi connectivity index (χ1) is 14.1. The molecule has 3 rings (SSSR count). The molecule has 0 unspecified atom stereocenters. The van der Waals surface area contributed by atoms with Crippen LogP contribution in [-0.4, -0.2) is 23.5 Å². The molecule has 2 amide bonds. The molecule has 3 aromatic rings. The topological polar surface area (TPSA) is 87.7 Å². The van der Waals surface area contributed by atoms with E-state index < -0.39 is 11.9 Å². The molecule has 6 heteroatoms. The summed E-state index contributed by atoms with van der Waals surface area (Å²) in [6.07, 6.45) is 0. The van der Waals surface area contributed by atoms with Gasteiger partial charge in [-0.05, 0) is 36.8 Å². The van der Waals surface area contributed by atoms with Crippen molar-refractivity contribution in [2.45, 2.75) is 13.0 Å². The summed E-state index contributed by atoms with van der Waals surface area (Å²) in [5, 5.41) is 15.3. The molecule has 3 aromatic carbocycles. The molecule has 0 aliphatic rings. The summed E-state index contributed by atoms with van der Waals surface area (Å²) in [6.45, 7) is 2.18. The molecule has 29 heavy (non-hydrogen) atoms. The highest BCUT2D eigenvalue weighted by atomic mass is 16.5. The van der Waals surface area contributed by atoms with Crippen LogP contribution in [0.3, 0.4) is 0 Å². The van der Waals surface area contributed by atoms with Crippen LogP contribution < -0.4 is 15.4 Å². The third kappa shape index (κ3) is 5.13. The van der Waals surface area contributed by atoms with Gasteiger partial charge in [-0.15, -0.1) is 0 Å². The fourth-order valence-corrected chi connectivity index (χ4v) is 2.84. The van der Waals surface area contributed by atoms with Crippen molar-refractivity contribution in [3.63, 3.8) is 0 Å². The Morgan fingerprint density at radius 3 is 2.28 bits per heavy atom. The third-order valence-electron chi connectivity index (χ3n) is 4.23. The standard InChI is InChI=1S/C23H22N2O4/c1-2-29-20-15-18(26)13-14-19(20)24-23(28)21(16-9-5-3-6-10-16)25-22(27)17-11-7-4-8-12-17/h3-15,21,26H,2H2,1H3,(H,24,28)(H,25,27)/t21-/m0/s1. The lowest BCUT2D eigenvalue weighted by Crippen LogP contribution is -2.37. The average Bonchev–Trinajstić information content (AvgIpc) is 2.75. The van der Waals surface area contributed by atoms with Gasteiger partial charge in [-0.3, -0.25) is 9.59 Å². The van der Waals surface area contributed by atoms with Crippen LogP contribution in [0.15, 0.2) is 78.9 Å². The van der Waals surface area contributed by atoms with Crippen molar-refractivity contribution in [1.82, 2.24) is 5.32 Å². The lowest BCUT2D eigenvalue weighted by Gasteiger charge is -2.20. The zero-order chi connectivity index (χ0) is 20.6. The zero-order valence-electron chi connectivity index (χ0n) is 16.0. The Labute approximate surface area is 169 Å². The van der Waals surface area contributed by atoms with Gasteiger partial charge in [0.05, 0.1) is 12.3 Å². The van der Waals surface area contributed by atoms with Gasteiger partial charge in [-0.25, -0.2) is 0 Å². The molecule has 0 aromatic heterocycles. The van der Waals surface area contributed by atoms with Gasteiger partial charge in [-0.2, -0.15) is 0 Å². The average molecular weight is 390 g/mol. The second-order valence-electron chi connectivity index (χ2n) is 6.29. The third-order valence-corrected chi connectivity index (χ3v) is 4.23. The van der Waals surface area contributed by atoms with E-state index in [1.807, 2.05) is 19.1 Å². The molecular formula is C23H22N2O4. The number of phenolic OH excluding ortho intramolecular Hbond substituents is 1. The van der Waals surface area contributed by atoms with Gasteiger partial charge in [-0.1, -0.05) is 48.5 Å². The van der Waals surface area contributed by atoms with Crippen molar-refractivity contribution < 1.29 is 19.4 Å². The lowest BCUT2D eigenvalue weighted by atomic mass is 10.0. The van der Waals surface area contributed by atoms with E-state index in [1.165, 1.54) is 12.1 Å². The van der Waals surface area contributed by atoms with Gasteiger partial charge in [0, 0.05) is 11.6 Å². The van der Waals surface area contributed by atoms with E-state index >= 15 is 0 Å². The predicted octanol–water partition coefficient (Wildman–Crippen LogP) is 3.90. The number of anilines is 1. The van der Waals surface area contributed by atoms with Gasteiger partial charge in [0.2, 0.25) is 0 Å². The molecule has 0 spiro atoms. The van der Waals surface area contributed by atoms with E-state index in [4.69, 9.17) is 4.74 Å². The largest absolute Gasteiger partial charge is 0.508 e. The fraction of sp³-hybridized carbons (Fsp3) is 0.130. The molecule has 0 radical (unpaired) electrons. The number of ether oxygens (including phenoxy) is 1. The number of hydrogen-bond donors (Lipinski definition) is 3. The van der Waals surface area contributed by atoms with Crippen LogP contribution >= 0.6 is 0 Å². The zero-order valence-corrected chi connectivity index (χ0v) is 16.0. The Balaban J connectivity index is 1.87. The number of nitrogens with one attached hydrogen (secondary N) is 2. The van der Waals surface area contributed by atoms with Crippen molar-refractivity contribution in [3.05, 3.63) is 90.0 Å². The van der Waals surface area contributed by atoms with Crippen molar-refractivity contribution >= 4 is 17.5 Å². The fourth-order valence-electron chi connectivity index (χ4n) is 2.84. The smallest absolute Gasteiger partial charge is 0.252 e. The minimum absolute atomic E-state index is 0.0310. The van der Waals surface area contributed by atoms with Gasteiger partial charge in [0.1, 0.15) is 17.5 Å². The first kappa shape index (κ1) is 19.9. The highest BCUT2D eigenvalue weighted by Gasteiger charge is 2.24. The molecule has 0 heterocycles. The number of hydrogen-bond acceptors (Lipinski definition) is 4. The number of phenols is 1. The number of carbonyl (C=O) groups is 2. The Bertz CT molecular complexity index is 975. The van der Waals surface area contributed by atoms with Crippen molar-refractivity contribution in [3.8, 4) is 11.5 Å². The van der Waals surface area contributed by atoms with E-state index in [0.717, 1.165) is 0 Å². The van der Waals surface area contributed by atoms with E-state index in [0.29, 0.717) is 29.2 Å². The Morgan fingerprint density at radius 1 is 0.966 bits per heavy atom. The van der Waals surface area contributed by atoms with E-state index in [2.05, 4.69) is 10.6 Å². The van der Waals surface area contributed by atoms with Crippen LogP contribution in [0.1, 0.15) is 28.9 Å². The van der Waals surface area contributed by atoms with Gasteiger partial charge in [0.25, 0.3) is 11.8 Å². The monoisotopic (exact) mass is 390 g/mol. The number of aromatic hydroxyl groups is 1. The normalized spacial score (nSPS) is 11.3. The molecule has 0 aliphatic carbocycles. The molecular weight excluding hydrogens is 368 g/mol. The second kappa shape index (κ2) is 9.41. The van der Waals surface area contributed by atoms with Crippen LogP contribution in [0.2, 0.25) is 0 Å². The summed E-state index contributed by atoms with van der Waals surface area (Å²) in [4.78, 5) is 25.7. The maximum atomic E-state index is 13.1.